The van der Waals surface area contributed by atoms with Gasteiger partial charge in [-0.25, -0.2) is 4.39 Å². The van der Waals surface area contributed by atoms with Crippen molar-refractivity contribution in [2.24, 2.45) is 5.92 Å². The largest absolute Gasteiger partial charge is 0.352 e. The van der Waals surface area contributed by atoms with Crippen molar-refractivity contribution in [3.05, 3.63) is 71.0 Å². The van der Waals surface area contributed by atoms with E-state index in [0.29, 0.717) is 37.1 Å². The number of carbonyl (C=O) groups is 3. The number of amides is 3. The fourth-order valence-corrected chi connectivity index (χ4v) is 3.97. The first-order valence-electron chi connectivity index (χ1n) is 11.5. The minimum Gasteiger partial charge on any atom is -0.352 e. The predicted octanol–water partition coefficient (Wildman–Crippen LogP) is 3.70. The normalized spacial score (nSPS) is 16.1. The molecule has 0 aromatic heterocycles. The van der Waals surface area contributed by atoms with Gasteiger partial charge in [-0.3, -0.25) is 14.4 Å². The average Bonchev–Trinajstić information content (AvgIpc) is 2.82. The van der Waals surface area contributed by atoms with Gasteiger partial charge < -0.3 is 15.5 Å². The monoisotopic (exact) mass is 453 g/mol. The van der Waals surface area contributed by atoms with Gasteiger partial charge in [0.1, 0.15) is 11.9 Å². The highest BCUT2D eigenvalue weighted by molar-refractivity contribution is 5.97. The number of hydrogen-bond acceptors (Lipinski definition) is 3. The number of piperidine rings is 1. The van der Waals surface area contributed by atoms with E-state index < -0.39 is 17.8 Å². The first-order chi connectivity index (χ1) is 15.8. The molecule has 3 amide bonds. The number of benzene rings is 2. The third kappa shape index (κ3) is 6.40. The fraction of sp³-hybridized carbons (Fsp3) is 0.423. The molecule has 0 aliphatic carbocycles. The summed E-state index contributed by atoms with van der Waals surface area (Å²) in [6, 6.07) is 12.0. The zero-order valence-electron chi connectivity index (χ0n) is 19.4. The molecule has 6 nitrogen and oxygen atoms in total. The molecule has 2 aromatic carbocycles. The quantitative estimate of drug-likeness (QED) is 0.671. The van der Waals surface area contributed by atoms with Crippen molar-refractivity contribution >= 4 is 17.7 Å². The van der Waals surface area contributed by atoms with Gasteiger partial charge >= 0.3 is 0 Å². The van der Waals surface area contributed by atoms with Gasteiger partial charge in [-0.15, -0.1) is 0 Å². The molecule has 2 N–H and O–H groups in total. The van der Waals surface area contributed by atoms with E-state index in [1.807, 2.05) is 45.0 Å². The lowest BCUT2D eigenvalue weighted by molar-refractivity contribution is -0.125. The first-order valence-corrected chi connectivity index (χ1v) is 11.5. The Kier molecular flexibility index (Phi) is 8.20. The smallest absolute Gasteiger partial charge is 0.253 e. The second-order valence-electron chi connectivity index (χ2n) is 8.77. The highest BCUT2D eigenvalue weighted by Crippen LogP contribution is 2.23. The summed E-state index contributed by atoms with van der Waals surface area (Å²) >= 11 is 0. The molecule has 0 bridgehead atoms. The number of hydrogen-bond donors (Lipinski definition) is 2. The molecule has 1 aliphatic rings. The summed E-state index contributed by atoms with van der Waals surface area (Å²) in [6.45, 7) is 6.89. The Balaban J connectivity index is 1.69. The Hall–Kier alpha value is -3.22. The second-order valence-corrected chi connectivity index (χ2v) is 8.77. The molecule has 1 aliphatic heterocycles. The Morgan fingerprint density at radius 1 is 0.970 bits per heavy atom. The molecule has 33 heavy (non-hydrogen) atoms. The summed E-state index contributed by atoms with van der Waals surface area (Å²) < 4.78 is 13.2. The first kappa shape index (κ1) is 24.4. The molecule has 2 atom stereocenters. The van der Waals surface area contributed by atoms with Gasteiger partial charge in [0.2, 0.25) is 5.91 Å². The Morgan fingerprint density at radius 3 is 2.12 bits per heavy atom. The van der Waals surface area contributed by atoms with Gasteiger partial charge in [-0.1, -0.05) is 24.6 Å². The van der Waals surface area contributed by atoms with Crippen LogP contribution in [0.25, 0.3) is 0 Å². The zero-order valence-corrected chi connectivity index (χ0v) is 19.4. The van der Waals surface area contributed by atoms with Gasteiger partial charge in [-0.05, 0) is 75.4 Å². The van der Waals surface area contributed by atoms with Crippen LogP contribution in [0.3, 0.4) is 0 Å². The van der Waals surface area contributed by atoms with E-state index in [-0.39, 0.29) is 23.8 Å². The van der Waals surface area contributed by atoms with Gasteiger partial charge in [-0.2, -0.15) is 0 Å². The molecule has 1 fully saturated rings. The number of halogens is 1. The Labute approximate surface area is 194 Å². The maximum absolute atomic E-state index is 13.2. The fourth-order valence-electron chi connectivity index (χ4n) is 3.97. The van der Waals surface area contributed by atoms with Crippen molar-refractivity contribution < 1.29 is 18.8 Å². The lowest BCUT2D eigenvalue weighted by Crippen LogP contribution is -2.55. The standard InChI is InChI=1S/C26H32FN3O3/c1-4-18(3)28-25(32)23(29-24(31)20-9-11-22(27)12-10-20)19-13-15-30(16-14-19)26(33)21-7-5-17(2)6-8-21/h5-12,18-19,23H,4,13-16H2,1-3H3,(H,28,32)(H,29,31)/t18-,23-/m1/s1. The molecule has 7 heteroatoms. The van der Waals surface area contributed by atoms with Crippen LogP contribution in [0.4, 0.5) is 4.39 Å². The third-order valence-electron chi connectivity index (χ3n) is 6.27. The maximum atomic E-state index is 13.2. The highest BCUT2D eigenvalue weighted by atomic mass is 19.1. The molecular formula is C26H32FN3O3. The van der Waals surface area contributed by atoms with Gasteiger partial charge in [0.25, 0.3) is 11.8 Å². The van der Waals surface area contributed by atoms with E-state index in [0.717, 1.165) is 12.0 Å². The van der Waals surface area contributed by atoms with Gasteiger partial charge in [0.05, 0.1) is 0 Å². The van der Waals surface area contributed by atoms with Crippen molar-refractivity contribution in [1.29, 1.82) is 0 Å². The number of carbonyl (C=O) groups excluding carboxylic acids is 3. The summed E-state index contributed by atoms with van der Waals surface area (Å²) in [4.78, 5) is 40.5. The summed E-state index contributed by atoms with van der Waals surface area (Å²) in [6.07, 6.45) is 1.97. The number of rotatable bonds is 7. The molecule has 0 radical (unpaired) electrons. The van der Waals surface area contributed by atoms with E-state index >= 15 is 0 Å². The third-order valence-corrected chi connectivity index (χ3v) is 6.27. The minimum absolute atomic E-state index is 0.0223. The van der Waals surface area contributed by atoms with E-state index in [9.17, 15) is 18.8 Å². The maximum Gasteiger partial charge on any atom is 0.253 e. The van der Waals surface area contributed by atoms with Crippen molar-refractivity contribution in [1.82, 2.24) is 15.5 Å². The van der Waals surface area contributed by atoms with E-state index in [4.69, 9.17) is 0 Å². The molecule has 0 unspecified atom stereocenters. The highest BCUT2D eigenvalue weighted by Gasteiger charge is 2.34. The summed E-state index contributed by atoms with van der Waals surface area (Å²) in [5.41, 5.74) is 2.04. The van der Waals surface area contributed by atoms with E-state index in [1.165, 1.54) is 24.3 Å². The lowest BCUT2D eigenvalue weighted by Gasteiger charge is -2.36. The van der Waals surface area contributed by atoms with Crippen LogP contribution in [0.1, 0.15) is 59.4 Å². The predicted molar refractivity (Wildman–Crippen MR) is 125 cm³/mol. The van der Waals surface area contributed by atoms with Crippen LogP contribution in [0.2, 0.25) is 0 Å². The number of likely N-dealkylation sites (tertiary alicyclic amines) is 1. The van der Waals surface area contributed by atoms with Crippen LogP contribution < -0.4 is 10.6 Å². The van der Waals surface area contributed by atoms with Crippen LogP contribution in [-0.2, 0) is 4.79 Å². The Morgan fingerprint density at radius 2 is 1.55 bits per heavy atom. The van der Waals surface area contributed by atoms with Crippen molar-refractivity contribution in [3.63, 3.8) is 0 Å². The summed E-state index contributed by atoms with van der Waals surface area (Å²) in [5, 5.41) is 5.82. The topological polar surface area (TPSA) is 78.5 Å². The number of aryl methyl sites for hydroxylation is 1. The van der Waals surface area contributed by atoms with E-state index in [1.54, 1.807) is 4.90 Å². The molecule has 176 valence electrons. The summed E-state index contributed by atoms with van der Waals surface area (Å²) in [7, 11) is 0. The van der Waals surface area contributed by atoms with Crippen LogP contribution in [0.5, 0.6) is 0 Å². The number of nitrogens with one attached hydrogen (secondary N) is 2. The molecular weight excluding hydrogens is 421 g/mol. The van der Waals surface area contributed by atoms with Crippen LogP contribution >= 0.6 is 0 Å². The minimum atomic E-state index is -0.729. The molecule has 3 rings (SSSR count). The molecule has 0 spiro atoms. The second kappa shape index (κ2) is 11.1. The van der Waals surface area contributed by atoms with Crippen LogP contribution in [0, 0.1) is 18.7 Å². The SMILES string of the molecule is CC[C@@H](C)NC(=O)[C@H](NC(=O)c1ccc(F)cc1)C1CCN(C(=O)c2ccc(C)cc2)CC1. The molecule has 2 aromatic rings. The van der Waals surface area contributed by atoms with Crippen LogP contribution in [0.15, 0.2) is 48.5 Å². The molecule has 1 heterocycles. The molecule has 0 saturated carbocycles. The van der Waals surface area contributed by atoms with Crippen LogP contribution in [-0.4, -0.2) is 47.8 Å². The van der Waals surface area contributed by atoms with Crippen molar-refractivity contribution in [2.45, 2.75) is 52.1 Å². The zero-order chi connectivity index (χ0) is 24.0. The van der Waals surface area contributed by atoms with Gasteiger partial charge in [0.15, 0.2) is 0 Å². The number of nitrogens with zero attached hydrogens (tertiary/aromatic N) is 1. The Bertz CT molecular complexity index is 967. The lowest BCUT2D eigenvalue weighted by atomic mass is 9.88. The van der Waals surface area contributed by atoms with Crippen molar-refractivity contribution in [2.75, 3.05) is 13.1 Å². The van der Waals surface area contributed by atoms with Gasteiger partial charge in [0, 0.05) is 30.3 Å². The molecule has 1 saturated heterocycles. The van der Waals surface area contributed by atoms with E-state index in [2.05, 4.69) is 10.6 Å². The van der Waals surface area contributed by atoms with Crippen molar-refractivity contribution in [3.8, 4) is 0 Å². The summed E-state index contributed by atoms with van der Waals surface area (Å²) in [5.74, 6) is -1.21. The average molecular weight is 454 g/mol.